The SMILES string of the molecule is N#Cc1cccc(-n2cccc2)c1. The Kier molecular flexibility index (Phi) is 1.85. The maximum atomic E-state index is 8.70. The molecule has 2 aromatic rings. The molecule has 1 aromatic heterocycles. The Bertz CT molecular complexity index is 435. The van der Waals surface area contributed by atoms with Gasteiger partial charge in [-0.25, -0.2) is 0 Å². The fourth-order valence-corrected chi connectivity index (χ4v) is 1.24. The lowest BCUT2D eigenvalue weighted by Gasteiger charge is -2.01. The van der Waals surface area contributed by atoms with Gasteiger partial charge in [-0.2, -0.15) is 5.26 Å². The number of nitrogens with zero attached hydrogens (tertiary/aromatic N) is 2. The molecule has 0 aliphatic carbocycles. The summed E-state index contributed by atoms with van der Waals surface area (Å²) in [5, 5.41) is 8.70. The van der Waals surface area contributed by atoms with Gasteiger partial charge in [0, 0.05) is 18.1 Å². The zero-order valence-electron chi connectivity index (χ0n) is 7.01. The lowest BCUT2D eigenvalue weighted by atomic mass is 10.2. The molecule has 0 aliphatic heterocycles. The van der Waals surface area contributed by atoms with E-state index in [0.717, 1.165) is 5.69 Å². The first kappa shape index (κ1) is 7.63. The van der Waals surface area contributed by atoms with Crippen LogP contribution in [0.2, 0.25) is 0 Å². The molecule has 2 nitrogen and oxygen atoms in total. The second-order valence-electron chi connectivity index (χ2n) is 2.75. The number of hydrogen-bond acceptors (Lipinski definition) is 1. The monoisotopic (exact) mass is 168 g/mol. The Balaban J connectivity index is 2.49. The topological polar surface area (TPSA) is 28.7 Å². The molecule has 0 atom stereocenters. The molecule has 0 bridgehead atoms. The summed E-state index contributed by atoms with van der Waals surface area (Å²) < 4.78 is 1.97. The molecule has 62 valence electrons. The van der Waals surface area contributed by atoms with E-state index in [1.54, 1.807) is 6.07 Å². The Hall–Kier alpha value is -2.01. The second kappa shape index (κ2) is 3.16. The van der Waals surface area contributed by atoms with E-state index >= 15 is 0 Å². The average molecular weight is 168 g/mol. The van der Waals surface area contributed by atoms with Crippen LogP contribution in [0.1, 0.15) is 5.56 Å². The molecular weight excluding hydrogens is 160 g/mol. The van der Waals surface area contributed by atoms with Gasteiger partial charge in [-0.15, -0.1) is 0 Å². The summed E-state index contributed by atoms with van der Waals surface area (Å²) in [4.78, 5) is 0. The van der Waals surface area contributed by atoms with Gasteiger partial charge < -0.3 is 4.57 Å². The summed E-state index contributed by atoms with van der Waals surface area (Å²) in [5.41, 5.74) is 1.70. The van der Waals surface area contributed by atoms with Gasteiger partial charge in [0.1, 0.15) is 0 Å². The summed E-state index contributed by atoms with van der Waals surface area (Å²) >= 11 is 0. The van der Waals surface area contributed by atoms with E-state index in [9.17, 15) is 0 Å². The minimum Gasteiger partial charge on any atom is -0.324 e. The molecule has 2 rings (SSSR count). The second-order valence-corrected chi connectivity index (χ2v) is 2.75. The molecular formula is C11H8N2. The first-order chi connectivity index (χ1) is 6.40. The molecule has 0 saturated carbocycles. The van der Waals surface area contributed by atoms with E-state index in [0.29, 0.717) is 5.56 Å². The molecule has 0 fully saturated rings. The number of rotatable bonds is 1. The minimum atomic E-state index is 0.686. The largest absolute Gasteiger partial charge is 0.324 e. The highest BCUT2D eigenvalue weighted by Gasteiger charge is 1.95. The van der Waals surface area contributed by atoms with Crippen LogP contribution in [0.3, 0.4) is 0 Å². The Morgan fingerprint density at radius 2 is 1.85 bits per heavy atom. The first-order valence-corrected chi connectivity index (χ1v) is 4.03. The van der Waals surface area contributed by atoms with E-state index in [4.69, 9.17) is 5.26 Å². The quantitative estimate of drug-likeness (QED) is 0.642. The highest BCUT2D eigenvalue weighted by Crippen LogP contribution is 2.09. The van der Waals surface area contributed by atoms with Crippen LogP contribution in [-0.4, -0.2) is 4.57 Å². The Morgan fingerprint density at radius 1 is 1.08 bits per heavy atom. The van der Waals surface area contributed by atoms with Crippen molar-refractivity contribution in [1.82, 2.24) is 4.57 Å². The predicted octanol–water partition coefficient (Wildman–Crippen LogP) is 2.35. The van der Waals surface area contributed by atoms with Crippen molar-refractivity contribution in [2.24, 2.45) is 0 Å². The van der Waals surface area contributed by atoms with Gasteiger partial charge in [0.2, 0.25) is 0 Å². The lowest BCUT2D eigenvalue weighted by Crippen LogP contribution is -1.89. The maximum Gasteiger partial charge on any atom is 0.0992 e. The molecule has 0 N–H and O–H groups in total. The molecule has 1 heterocycles. The van der Waals surface area contributed by atoms with E-state index in [2.05, 4.69) is 6.07 Å². The summed E-state index contributed by atoms with van der Waals surface area (Å²) in [6.07, 6.45) is 3.91. The summed E-state index contributed by atoms with van der Waals surface area (Å²) in [5.74, 6) is 0. The van der Waals surface area contributed by atoms with Crippen molar-refractivity contribution in [3.05, 3.63) is 54.4 Å². The molecule has 0 amide bonds. The van der Waals surface area contributed by atoms with Crippen LogP contribution >= 0.6 is 0 Å². The molecule has 0 saturated heterocycles. The van der Waals surface area contributed by atoms with Gasteiger partial charge in [0.15, 0.2) is 0 Å². The zero-order valence-corrected chi connectivity index (χ0v) is 7.01. The first-order valence-electron chi connectivity index (χ1n) is 4.03. The minimum absolute atomic E-state index is 0.686. The van der Waals surface area contributed by atoms with Gasteiger partial charge in [0.05, 0.1) is 11.6 Å². The molecule has 0 radical (unpaired) electrons. The van der Waals surface area contributed by atoms with Crippen LogP contribution < -0.4 is 0 Å². The van der Waals surface area contributed by atoms with Crippen LogP contribution in [0.25, 0.3) is 5.69 Å². The van der Waals surface area contributed by atoms with Crippen LogP contribution in [0, 0.1) is 11.3 Å². The van der Waals surface area contributed by atoms with E-state index in [1.807, 2.05) is 47.3 Å². The van der Waals surface area contributed by atoms with Crippen molar-refractivity contribution in [2.45, 2.75) is 0 Å². The Labute approximate surface area is 76.7 Å². The van der Waals surface area contributed by atoms with E-state index in [1.165, 1.54) is 0 Å². The number of benzene rings is 1. The van der Waals surface area contributed by atoms with Crippen molar-refractivity contribution >= 4 is 0 Å². The zero-order chi connectivity index (χ0) is 9.10. The third-order valence-electron chi connectivity index (χ3n) is 1.88. The number of aromatic nitrogens is 1. The summed E-state index contributed by atoms with van der Waals surface area (Å²) in [6.45, 7) is 0. The van der Waals surface area contributed by atoms with Crippen molar-refractivity contribution in [3.8, 4) is 11.8 Å². The Morgan fingerprint density at radius 3 is 2.54 bits per heavy atom. The van der Waals surface area contributed by atoms with Gasteiger partial charge in [-0.1, -0.05) is 6.07 Å². The lowest BCUT2D eigenvalue weighted by molar-refractivity contribution is 1.08. The molecule has 0 aliphatic rings. The van der Waals surface area contributed by atoms with E-state index in [-0.39, 0.29) is 0 Å². The molecule has 1 aromatic carbocycles. The predicted molar refractivity (Wildman–Crippen MR) is 50.5 cm³/mol. The van der Waals surface area contributed by atoms with Gasteiger partial charge in [0.25, 0.3) is 0 Å². The van der Waals surface area contributed by atoms with Crippen molar-refractivity contribution < 1.29 is 0 Å². The molecule has 0 spiro atoms. The van der Waals surface area contributed by atoms with Crippen LogP contribution in [0.4, 0.5) is 0 Å². The third kappa shape index (κ3) is 1.45. The summed E-state index contributed by atoms with van der Waals surface area (Å²) in [7, 11) is 0. The van der Waals surface area contributed by atoms with Gasteiger partial charge in [-0.05, 0) is 30.3 Å². The normalized spacial score (nSPS) is 9.46. The highest BCUT2D eigenvalue weighted by molar-refractivity contribution is 5.41. The van der Waals surface area contributed by atoms with E-state index < -0.39 is 0 Å². The third-order valence-corrected chi connectivity index (χ3v) is 1.88. The highest BCUT2D eigenvalue weighted by atomic mass is 14.9. The van der Waals surface area contributed by atoms with Crippen molar-refractivity contribution in [3.63, 3.8) is 0 Å². The maximum absolute atomic E-state index is 8.70. The molecule has 13 heavy (non-hydrogen) atoms. The van der Waals surface area contributed by atoms with Crippen LogP contribution in [-0.2, 0) is 0 Å². The van der Waals surface area contributed by atoms with Gasteiger partial charge >= 0.3 is 0 Å². The average Bonchev–Trinajstić information content (AvgIpc) is 2.71. The fraction of sp³-hybridized carbons (Fsp3) is 0. The smallest absolute Gasteiger partial charge is 0.0992 e. The van der Waals surface area contributed by atoms with Crippen LogP contribution in [0.15, 0.2) is 48.8 Å². The van der Waals surface area contributed by atoms with Crippen LogP contribution in [0.5, 0.6) is 0 Å². The van der Waals surface area contributed by atoms with Gasteiger partial charge in [-0.3, -0.25) is 0 Å². The van der Waals surface area contributed by atoms with Crippen molar-refractivity contribution in [1.29, 1.82) is 5.26 Å². The summed E-state index contributed by atoms with van der Waals surface area (Å²) in [6, 6.07) is 13.5. The number of hydrogen-bond donors (Lipinski definition) is 0. The molecule has 2 heteroatoms. The molecule has 0 unspecified atom stereocenters. The van der Waals surface area contributed by atoms with Crippen molar-refractivity contribution in [2.75, 3.05) is 0 Å². The fourth-order valence-electron chi connectivity index (χ4n) is 1.24. The standard InChI is InChI=1S/C11H8N2/c12-9-10-4-3-5-11(8-10)13-6-1-2-7-13/h1-8H. The number of nitriles is 1.